The van der Waals surface area contributed by atoms with E-state index in [0.29, 0.717) is 57.0 Å². The van der Waals surface area contributed by atoms with Crippen LogP contribution in [0.5, 0.6) is 0 Å². The van der Waals surface area contributed by atoms with Crippen LogP contribution in [0.2, 0.25) is 0 Å². The number of rotatable bonds is 18. The Balaban J connectivity index is 0.000000141. The van der Waals surface area contributed by atoms with E-state index in [1.54, 1.807) is 11.1 Å². The molecule has 8 saturated carbocycles. The highest BCUT2D eigenvalue weighted by Gasteiger charge is 2.60. The molecule has 2 heterocycles. The lowest BCUT2D eigenvalue weighted by Crippen LogP contribution is -2.55. The Morgan fingerprint density at radius 3 is 0.674 bits per heavy atom. The molecule has 2 N–H and O–H groups in total. The van der Waals surface area contributed by atoms with Crippen LogP contribution in [0.25, 0.3) is 168 Å². The van der Waals surface area contributed by atoms with E-state index in [9.17, 15) is 5.26 Å². The summed E-state index contributed by atoms with van der Waals surface area (Å²) in [6.07, 6.45) is 15.9. The van der Waals surface area contributed by atoms with Crippen molar-refractivity contribution in [2.45, 2.75) is 98.7 Å². The zero-order valence-corrected chi connectivity index (χ0v) is 81.4. The van der Waals surface area contributed by atoms with Crippen LogP contribution in [0.4, 0.5) is 0 Å². The summed E-state index contributed by atoms with van der Waals surface area (Å²) >= 11 is 3.68. The van der Waals surface area contributed by atoms with Gasteiger partial charge in [0.15, 0.2) is 34.9 Å². The summed E-state index contributed by atoms with van der Waals surface area (Å²) in [4.78, 5) is 30.6. The average molecular weight is 1920 g/mol. The number of hydrogen-bond acceptors (Lipinski definition) is 10. The summed E-state index contributed by atoms with van der Waals surface area (Å²) in [5.74, 6) is 7.09. The SMILES string of the molecule is Brc1ccc(C23CC4CC(C2)CC(c2ccc(-c5ccc6cc(-c7nc(-c8ccc(-c9ccccc9)cc8)nc(-c8ccc(-c9ccccc9)cc8)n7)ccc6c5)cc2)(C4)C3)cc1.N#Cc1ccc(-c2ccc(C34CC5CC(C3)CC(c3ccc(-c6ccc7cc(-c8nc(-c9ccc(-c%10ccccc%10)cc9)nc(-c9ccc(-c%10ccccc%10)cc9)n8)ccc7c6)cc3)(C5)C4)cc2)cc1.N#Cc1ccc(B(O)O)cc1. The van der Waals surface area contributed by atoms with Gasteiger partial charge in [0.2, 0.25) is 0 Å². The minimum atomic E-state index is -1.46. The Labute approximate surface area is 849 Å². The number of nitriles is 2. The molecule has 8 bridgehead atoms. The van der Waals surface area contributed by atoms with E-state index in [1.165, 1.54) is 178 Å². The minimum Gasteiger partial charge on any atom is -0.423 e. The molecule has 18 aromatic carbocycles. The molecule has 12 heteroatoms. The van der Waals surface area contributed by atoms with Crippen molar-refractivity contribution >= 4 is 50.1 Å². The van der Waals surface area contributed by atoms with Crippen LogP contribution in [0.3, 0.4) is 0 Å². The van der Waals surface area contributed by atoms with Gasteiger partial charge in [-0.05, 0) is 310 Å². The summed E-state index contributed by atoms with van der Waals surface area (Å²) in [6.45, 7) is 0. The van der Waals surface area contributed by atoms with Gasteiger partial charge in [0.25, 0.3) is 0 Å². The fraction of sp³-hybridized carbons (Fsp3) is 0.152. The molecular weight excluding hydrogens is 1820 g/mol. The molecule has 8 aliphatic rings. The van der Waals surface area contributed by atoms with Crippen molar-refractivity contribution < 1.29 is 10.0 Å². The lowest BCUT2D eigenvalue weighted by Gasteiger charge is -2.63. The van der Waals surface area contributed by atoms with Gasteiger partial charge < -0.3 is 10.0 Å². The molecule has 0 radical (unpaired) electrons. The average Bonchev–Trinajstić information content (AvgIpc) is 0.706. The number of hydrogen-bond donors (Lipinski definition) is 2. The molecule has 4 atom stereocenters. The van der Waals surface area contributed by atoms with Crippen LogP contribution in [0, 0.1) is 46.3 Å². The Hall–Kier alpha value is -16.1. The first-order valence-corrected chi connectivity index (χ1v) is 51.1. The summed E-state index contributed by atoms with van der Waals surface area (Å²) in [5, 5.41) is 39.7. The standard InChI is InChI=1S/C66H50N4.C59H46BrN3.C7H6BNO2/c67-42-44-11-13-49(14-12-44)52-27-31-60(32-28-52)65-38-45-35-46(39-65)41-66(40-45,43-65)61-33-29-53(30-34-61)56-23-24-58-37-59(26-25-57(58)36-56)64-69-62(54-19-15-50(16-20-54)47-7-3-1-4-8-47)68-63(70-64)55-21-17-51(18-22-55)48-9-5-2-6-10-48;60-54-29-27-53(28-30-54)59-36-39-31-40(37-59)35-58(34-39,38-59)52-25-23-45(24-26-52)48-19-20-50-33-51(22-21-49(50)32-48)57-62-55(46-15-11-43(12-16-46)41-7-3-1-4-8-41)61-56(63-57)47-17-13-44(14-18-47)42-9-5-2-6-10-42;9-5-6-1-3-7(4-2-6)8(10)11/h1-34,36-37,45-46H,35,38-41,43H2;1-30,32-33,39-40H,31,34-38H2;1-4,10-11H. The molecule has 0 spiro atoms. The third-order valence-corrected chi connectivity index (χ3v) is 32.4. The van der Waals surface area contributed by atoms with Crippen LogP contribution in [0.1, 0.15) is 110 Å². The van der Waals surface area contributed by atoms with Crippen molar-refractivity contribution in [2.24, 2.45) is 23.7 Å². The third kappa shape index (κ3) is 18.3. The van der Waals surface area contributed by atoms with E-state index < -0.39 is 7.12 Å². The number of benzene rings is 18. The molecule has 0 amide bonds. The van der Waals surface area contributed by atoms with Crippen LogP contribution >= 0.6 is 15.9 Å². The van der Waals surface area contributed by atoms with Crippen LogP contribution in [-0.4, -0.2) is 47.1 Å². The van der Waals surface area contributed by atoms with Crippen LogP contribution < -0.4 is 5.46 Å². The number of halogens is 1. The monoisotopic (exact) mass is 1920 g/mol. The van der Waals surface area contributed by atoms with Gasteiger partial charge in [-0.3, -0.25) is 0 Å². The minimum absolute atomic E-state index is 0.222. The highest BCUT2D eigenvalue weighted by molar-refractivity contribution is 9.10. The first kappa shape index (κ1) is 90.5. The molecule has 692 valence electrons. The van der Waals surface area contributed by atoms with Crippen LogP contribution in [0.15, 0.2) is 441 Å². The van der Waals surface area contributed by atoms with Crippen molar-refractivity contribution in [3.05, 3.63) is 475 Å². The lowest BCUT2D eigenvalue weighted by atomic mass is 9.41. The molecule has 10 nitrogen and oxygen atoms in total. The fourth-order valence-electron chi connectivity index (χ4n) is 25.6. The molecule has 144 heavy (non-hydrogen) atoms. The largest absolute Gasteiger partial charge is 0.488 e. The van der Waals surface area contributed by atoms with E-state index in [-0.39, 0.29) is 16.2 Å². The highest BCUT2D eigenvalue weighted by atomic mass is 79.9. The van der Waals surface area contributed by atoms with Crippen molar-refractivity contribution in [1.82, 2.24) is 29.9 Å². The Morgan fingerprint density at radius 2 is 0.417 bits per heavy atom. The Kier molecular flexibility index (Phi) is 24.1. The number of nitrogens with zero attached hydrogens (tertiary/aromatic N) is 8. The van der Waals surface area contributed by atoms with Crippen molar-refractivity contribution in [2.75, 3.05) is 0 Å². The number of aromatic nitrogens is 6. The molecule has 4 unspecified atom stereocenters. The van der Waals surface area contributed by atoms with Gasteiger partial charge in [-0.25, -0.2) is 29.9 Å². The number of fused-ring (bicyclic) bond motifs is 2. The second-order valence-corrected chi connectivity index (χ2v) is 41.9. The first-order valence-electron chi connectivity index (χ1n) is 50.3. The van der Waals surface area contributed by atoms with Gasteiger partial charge in [0.05, 0.1) is 23.3 Å². The second-order valence-electron chi connectivity index (χ2n) is 41.0. The first-order chi connectivity index (χ1) is 70.6. The van der Waals surface area contributed by atoms with Crippen LogP contribution in [-0.2, 0) is 21.7 Å². The topological polar surface area (TPSA) is 165 Å². The van der Waals surface area contributed by atoms with E-state index in [2.05, 4.69) is 398 Å². The van der Waals surface area contributed by atoms with Crippen molar-refractivity contribution in [1.29, 1.82) is 10.5 Å². The summed E-state index contributed by atoms with van der Waals surface area (Å²) < 4.78 is 1.17. The zero-order valence-electron chi connectivity index (χ0n) is 79.8. The van der Waals surface area contributed by atoms with E-state index >= 15 is 0 Å². The predicted molar refractivity (Wildman–Crippen MR) is 588 cm³/mol. The van der Waals surface area contributed by atoms with Gasteiger partial charge >= 0.3 is 7.12 Å². The third-order valence-electron chi connectivity index (χ3n) is 31.9. The second kappa shape index (κ2) is 38.4. The quantitative estimate of drug-likeness (QED) is 0.0790. The molecule has 20 aromatic rings. The maximum Gasteiger partial charge on any atom is 0.488 e. The molecule has 8 fully saturated rings. The zero-order chi connectivity index (χ0) is 96.9. The summed E-state index contributed by atoms with van der Waals surface area (Å²) in [7, 11) is -1.46. The van der Waals surface area contributed by atoms with Gasteiger partial charge in [-0.1, -0.05) is 392 Å². The molecular formula is C132H102BBrN8O2. The fourth-order valence-corrected chi connectivity index (χ4v) is 25.9. The molecule has 28 rings (SSSR count). The molecule has 0 saturated heterocycles. The normalized spacial score (nSPS) is 19.7. The Bertz CT molecular complexity index is 7990. The summed E-state index contributed by atoms with van der Waals surface area (Å²) in [6, 6.07) is 159. The van der Waals surface area contributed by atoms with Gasteiger partial charge in [-0.15, -0.1) is 0 Å². The van der Waals surface area contributed by atoms with Gasteiger partial charge in [-0.2, -0.15) is 10.5 Å². The maximum absolute atomic E-state index is 9.28. The van der Waals surface area contributed by atoms with Crippen molar-refractivity contribution in [3.63, 3.8) is 0 Å². The van der Waals surface area contributed by atoms with Gasteiger partial charge in [0.1, 0.15) is 0 Å². The lowest BCUT2D eigenvalue weighted by molar-refractivity contribution is -0.0282. The molecule has 0 aliphatic heterocycles. The summed E-state index contributed by atoms with van der Waals surface area (Å²) in [5.41, 5.74) is 31.1. The molecule has 8 aliphatic carbocycles. The highest BCUT2D eigenvalue weighted by Crippen LogP contribution is 2.68. The van der Waals surface area contributed by atoms with Gasteiger partial charge in [0, 0.05) is 37.9 Å². The Morgan fingerprint density at radius 1 is 0.222 bits per heavy atom. The van der Waals surface area contributed by atoms with E-state index in [4.69, 9.17) is 45.2 Å². The maximum atomic E-state index is 9.28. The predicted octanol–water partition coefficient (Wildman–Crippen LogP) is 31.2. The van der Waals surface area contributed by atoms with E-state index in [1.807, 2.05) is 42.5 Å². The van der Waals surface area contributed by atoms with E-state index in [0.717, 1.165) is 95.6 Å². The van der Waals surface area contributed by atoms with Crippen molar-refractivity contribution in [3.8, 4) is 158 Å². The smallest absolute Gasteiger partial charge is 0.423 e. The molecule has 2 aromatic heterocycles.